The van der Waals surface area contributed by atoms with Gasteiger partial charge in [0.15, 0.2) is 0 Å². The number of anilines is 1. The molecule has 0 unspecified atom stereocenters. The molecule has 0 saturated heterocycles. The summed E-state index contributed by atoms with van der Waals surface area (Å²) in [6, 6.07) is 9.84. The van der Waals surface area contributed by atoms with Crippen LogP contribution in [-0.2, 0) is 6.54 Å². The maximum atomic E-state index is 9.12. The Hall–Kier alpha value is -2.41. The van der Waals surface area contributed by atoms with Crippen LogP contribution in [0, 0.1) is 25.2 Å². The highest BCUT2D eigenvalue weighted by Crippen LogP contribution is 2.18. The lowest BCUT2D eigenvalue weighted by Crippen LogP contribution is -2.05. The molecule has 0 aliphatic rings. The van der Waals surface area contributed by atoms with Gasteiger partial charge >= 0.3 is 0 Å². The average Bonchev–Trinajstić information content (AvgIpc) is 2.36. The lowest BCUT2D eigenvalue weighted by Gasteiger charge is -2.09. The molecule has 0 atom stereocenters. The second-order valence-electron chi connectivity index (χ2n) is 4.06. The molecule has 1 heterocycles. The van der Waals surface area contributed by atoms with Gasteiger partial charge in [-0.25, -0.2) is 9.97 Å². The van der Waals surface area contributed by atoms with Gasteiger partial charge < -0.3 is 5.32 Å². The summed E-state index contributed by atoms with van der Waals surface area (Å²) in [5.74, 6) is 0.749. The van der Waals surface area contributed by atoms with Crippen LogP contribution >= 0.6 is 0 Å². The number of benzene rings is 1. The summed E-state index contributed by atoms with van der Waals surface area (Å²) in [5, 5.41) is 12.4. The Morgan fingerprint density at radius 1 is 1.28 bits per heavy atom. The van der Waals surface area contributed by atoms with E-state index in [1.807, 2.05) is 38.1 Å². The number of nitrogens with zero attached hydrogens (tertiary/aromatic N) is 3. The van der Waals surface area contributed by atoms with Gasteiger partial charge in [0.1, 0.15) is 11.9 Å². The first-order chi connectivity index (χ1) is 8.70. The minimum Gasteiger partial charge on any atom is -0.378 e. The van der Waals surface area contributed by atoms with Crippen molar-refractivity contribution >= 4 is 5.69 Å². The third-order valence-electron chi connectivity index (χ3n) is 2.68. The minimum atomic E-state index is 0.585. The minimum absolute atomic E-state index is 0.585. The van der Waals surface area contributed by atoms with Gasteiger partial charge in [0, 0.05) is 6.20 Å². The zero-order valence-corrected chi connectivity index (χ0v) is 10.4. The molecule has 90 valence electrons. The van der Waals surface area contributed by atoms with Crippen molar-refractivity contribution in [3.05, 3.63) is 53.1 Å². The van der Waals surface area contributed by atoms with Crippen LogP contribution in [0.2, 0.25) is 0 Å². The molecular formula is C14H14N4. The van der Waals surface area contributed by atoms with Gasteiger partial charge in [-0.3, -0.25) is 0 Å². The van der Waals surface area contributed by atoms with Crippen LogP contribution in [0.4, 0.5) is 5.69 Å². The number of rotatable bonds is 3. The highest BCUT2D eigenvalue weighted by molar-refractivity contribution is 5.60. The van der Waals surface area contributed by atoms with Crippen LogP contribution in [0.1, 0.15) is 22.6 Å². The van der Waals surface area contributed by atoms with Gasteiger partial charge in [0.25, 0.3) is 0 Å². The van der Waals surface area contributed by atoms with Crippen molar-refractivity contribution in [1.82, 2.24) is 9.97 Å². The molecule has 0 radical (unpaired) electrons. The quantitative estimate of drug-likeness (QED) is 0.892. The summed E-state index contributed by atoms with van der Waals surface area (Å²) < 4.78 is 0. The number of aryl methyl sites for hydroxylation is 2. The first-order valence-electron chi connectivity index (χ1n) is 5.73. The Morgan fingerprint density at radius 2 is 2.11 bits per heavy atom. The van der Waals surface area contributed by atoms with Crippen LogP contribution in [-0.4, -0.2) is 9.97 Å². The molecule has 2 aromatic rings. The molecule has 0 aliphatic heterocycles. The summed E-state index contributed by atoms with van der Waals surface area (Å²) in [6.07, 6.45) is 1.74. The van der Waals surface area contributed by atoms with E-state index in [0.29, 0.717) is 12.1 Å². The second-order valence-corrected chi connectivity index (χ2v) is 4.06. The molecule has 2 rings (SSSR count). The van der Waals surface area contributed by atoms with Crippen molar-refractivity contribution in [2.75, 3.05) is 5.32 Å². The highest BCUT2D eigenvalue weighted by Gasteiger charge is 2.04. The molecule has 18 heavy (non-hydrogen) atoms. The van der Waals surface area contributed by atoms with Gasteiger partial charge in [-0.15, -0.1) is 0 Å². The third-order valence-corrected chi connectivity index (χ3v) is 2.68. The Bertz CT molecular complexity index is 599. The van der Waals surface area contributed by atoms with E-state index in [2.05, 4.69) is 21.4 Å². The van der Waals surface area contributed by atoms with Gasteiger partial charge in [0.05, 0.1) is 23.5 Å². The predicted octanol–water partition coefficient (Wildman–Crippen LogP) is 2.58. The fourth-order valence-electron chi connectivity index (χ4n) is 1.75. The monoisotopic (exact) mass is 238 g/mol. The number of hydrogen-bond acceptors (Lipinski definition) is 4. The van der Waals surface area contributed by atoms with Gasteiger partial charge in [-0.1, -0.05) is 12.1 Å². The molecule has 1 N–H and O–H groups in total. The maximum absolute atomic E-state index is 9.12. The van der Waals surface area contributed by atoms with Crippen LogP contribution in [0.5, 0.6) is 0 Å². The largest absolute Gasteiger partial charge is 0.378 e. The Kier molecular flexibility index (Phi) is 3.54. The average molecular weight is 238 g/mol. The topological polar surface area (TPSA) is 61.6 Å². The van der Waals surface area contributed by atoms with Crippen LogP contribution in [0.25, 0.3) is 0 Å². The number of hydrogen-bond donors (Lipinski definition) is 1. The zero-order valence-electron chi connectivity index (χ0n) is 10.4. The Morgan fingerprint density at radius 3 is 2.83 bits per heavy atom. The lowest BCUT2D eigenvalue weighted by atomic mass is 10.1. The van der Waals surface area contributed by atoms with E-state index in [-0.39, 0.29) is 0 Å². The standard InChI is InChI=1S/C14H14N4/c1-10-4-3-5-14(13(10)8-15)17-9-12-6-7-16-11(2)18-12/h3-7,17H,9H2,1-2H3. The molecular weight excluding hydrogens is 224 g/mol. The summed E-state index contributed by atoms with van der Waals surface area (Å²) in [7, 11) is 0. The molecule has 1 aromatic heterocycles. The van der Waals surface area contributed by atoms with E-state index in [1.165, 1.54) is 0 Å². The van der Waals surface area contributed by atoms with Crippen molar-refractivity contribution < 1.29 is 0 Å². The van der Waals surface area contributed by atoms with Gasteiger partial charge in [-0.2, -0.15) is 5.26 Å². The SMILES string of the molecule is Cc1nccc(CNc2cccc(C)c2C#N)n1. The molecule has 4 nitrogen and oxygen atoms in total. The van der Waals surface area contributed by atoms with Gasteiger partial charge in [0.2, 0.25) is 0 Å². The molecule has 0 amide bonds. The first-order valence-corrected chi connectivity index (χ1v) is 5.73. The number of nitriles is 1. The number of aromatic nitrogens is 2. The zero-order chi connectivity index (χ0) is 13.0. The summed E-state index contributed by atoms with van der Waals surface area (Å²) >= 11 is 0. The molecule has 0 aliphatic carbocycles. The van der Waals surface area contributed by atoms with E-state index in [9.17, 15) is 0 Å². The van der Waals surface area contributed by atoms with Crippen molar-refractivity contribution in [3.63, 3.8) is 0 Å². The molecule has 0 fully saturated rings. The molecule has 0 saturated carbocycles. The smallest absolute Gasteiger partial charge is 0.125 e. The fourth-order valence-corrected chi connectivity index (χ4v) is 1.75. The van der Waals surface area contributed by atoms with Crippen molar-refractivity contribution in [2.45, 2.75) is 20.4 Å². The predicted molar refractivity (Wildman–Crippen MR) is 70.0 cm³/mol. The van der Waals surface area contributed by atoms with Crippen molar-refractivity contribution in [1.29, 1.82) is 5.26 Å². The summed E-state index contributed by atoms with van der Waals surface area (Å²) in [6.45, 7) is 4.37. The molecule has 1 aromatic carbocycles. The number of nitrogens with one attached hydrogen (secondary N) is 1. The molecule has 0 bridgehead atoms. The Labute approximate surface area is 106 Å². The summed E-state index contributed by atoms with van der Waals surface area (Å²) in [4.78, 5) is 8.36. The maximum Gasteiger partial charge on any atom is 0.125 e. The van der Waals surface area contributed by atoms with Crippen molar-refractivity contribution in [2.24, 2.45) is 0 Å². The van der Waals surface area contributed by atoms with Crippen LogP contribution in [0.15, 0.2) is 30.5 Å². The van der Waals surface area contributed by atoms with E-state index in [0.717, 1.165) is 22.8 Å². The normalized spacial score (nSPS) is 9.83. The van der Waals surface area contributed by atoms with E-state index in [4.69, 9.17) is 5.26 Å². The third kappa shape index (κ3) is 2.64. The van der Waals surface area contributed by atoms with Crippen LogP contribution in [0.3, 0.4) is 0 Å². The lowest BCUT2D eigenvalue weighted by molar-refractivity contribution is 0.954. The van der Waals surface area contributed by atoms with Crippen LogP contribution < -0.4 is 5.32 Å². The van der Waals surface area contributed by atoms with Crippen molar-refractivity contribution in [3.8, 4) is 6.07 Å². The molecule has 0 spiro atoms. The van der Waals surface area contributed by atoms with Gasteiger partial charge in [-0.05, 0) is 31.5 Å². The molecule has 4 heteroatoms. The highest BCUT2D eigenvalue weighted by atomic mass is 14.9. The Balaban J connectivity index is 2.16. The second kappa shape index (κ2) is 5.28. The van der Waals surface area contributed by atoms with E-state index >= 15 is 0 Å². The fraction of sp³-hybridized carbons (Fsp3) is 0.214. The first kappa shape index (κ1) is 12.1. The summed E-state index contributed by atoms with van der Waals surface area (Å²) in [5.41, 5.74) is 3.41. The van der Waals surface area contributed by atoms with E-state index < -0.39 is 0 Å². The van der Waals surface area contributed by atoms with E-state index in [1.54, 1.807) is 6.20 Å².